The molecule has 1 fully saturated rings. The van der Waals surface area contributed by atoms with Crippen molar-refractivity contribution in [1.82, 2.24) is 20.0 Å². The second kappa shape index (κ2) is 8.35. The zero-order valence-electron chi connectivity index (χ0n) is 16.0. The van der Waals surface area contributed by atoms with Crippen molar-refractivity contribution in [2.24, 2.45) is 7.05 Å². The van der Waals surface area contributed by atoms with Gasteiger partial charge in [0.25, 0.3) is 5.91 Å². The van der Waals surface area contributed by atoms with Gasteiger partial charge in [-0.25, -0.2) is 0 Å². The molecule has 7 nitrogen and oxygen atoms in total. The number of rotatable bonds is 6. The lowest BCUT2D eigenvalue weighted by molar-refractivity contribution is -0.162. The van der Waals surface area contributed by atoms with Gasteiger partial charge in [-0.05, 0) is 36.5 Å². The number of nitrogens with zero attached hydrogens (tertiary/aromatic N) is 3. The number of hydrogen-bond donors (Lipinski definition) is 1. The van der Waals surface area contributed by atoms with E-state index >= 15 is 0 Å². The second-order valence-electron chi connectivity index (χ2n) is 6.95. The van der Waals surface area contributed by atoms with Crippen LogP contribution in [0.15, 0.2) is 36.7 Å². The number of aryl methyl sites for hydroxylation is 3. The van der Waals surface area contributed by atoms with Crippen LogP contribution in [0.1, 0.15) is 29.2 Å². The van der Waals surface area contributed by atoms with Crippen LogP contribution in [0.5, 0.6) is 0 Å². The summed E-state index contributed by atoms with van der Waals surface area (Å²) in [6.07, 6.45) is 4.75. The highest BCUT2D eigenvalue weighted by Gasteiger charge is 2.40. The van der Waals surface area contributed by atoms with Crippen molar-refractivity contribution in [1.29, 1.82) is 0 Å². The van der Waals surface area contributed by atoms with Crippen LogP contribution in [0, 0.1) is 6.92 Å². The molecule has 1 aromatic carbocycles. The van der Waals surface area contributed by atoms with Crippen LogP contribution in [0.4, 0.5) is 0 Å². The van der Waals surface area contributed by atoms with Gasteiger partial charge in [-0.15, -0.1) is 0 Å². The quantitative estimate of drug-likeness (QED) is 0.780. The third-order valence-electron chi connectivity index (χ3n) is 4.95. The van der Waals surface area contributed by atoms with Crippen LogP contribution in [0.25, 0.3) is 0 Å². The first-order valence-corrected chi connectivity index (χ1v) is 9.15. The molecule has 2 amide bonds. The minimum atomic E-state index is -0.716. The van der Waals surface area contributed by atoms with Crippen molar-refractivity contribution in [3.63, 3.8) is 0 Å². The summed E-state index contributed by atoms with van der Waals surface area (Å²) >= 11 is 0. The van der Waals surface area contributed by atoms with Crippen molar-refractivity contribution in [3.8, 4) is 0 Å². The molecule has 27 heavy (non-hydrogen) atoms. The minimum absolute atomic E-state index is 0.0767. The van der Waals surface area contributed by atoms with E-state index in [1.54, 1.807) is 16.6 Å². The summed E-state index contributed by atoms with van der Waals surface area (Å²) in [7, 11) is 3.61. The van der Waals surface area contributed by atoms with Gasteiger partial charge in [0.15, 0.2) is 6.10 Å². The molecule has 1 aliphatic heterocycles. The summed E-state index contributed by atoms with van der Waals surface area (Å²) in [5.74, 6) is -0.308. The summed E-state index contributed by atoms with van der Waals surface area (Å²) < 4.78 is 7.41. The average Bonchev–Trinajstić information content (AvgIpc) is 3.07. The molecule has 144 valence electrons. The highest BCUT2D eigenvalue weighted by Crippen LogP contribution is 2.31. The molecule has 0 radical (unpaired) electrons. The average molecular weight is 370 g/mol. The summed E-state index contributed by atoms with van der Waals surface area (Å²) in [4.78, 5) is 26.5. The van der Waals surface area contributed by atoms with Crippen LogP contribution in [-0.2, 0) is 27.8 Å². The maximum Gasteiger partial charge on any atom is 0.251 e. The van der Waals surface area contributed by atoms with E-state index < -0.39 is 12.1 Å². The second-order valence-corrected chi connectivity index (χ2v) is 6.95. The largest absolute Gasteiger partial charge is 0.356 e. The van der Waals surface area contributed by atoms with E-state index in [1.165, 1.54) is 0 Å². The van der Waals surface area contributed by atoms with E-state index in [4.69, 9.17) is 4.74 Å². The third-order valence-corrected chi connectivity index (χ3v) is 4.95. The monoisotopic (exact) mass is 370 g/mol. The molecule has 7 heteroatoms. The minimum Gasteiger partial charge on any atom is -0.356 e. The van der Waals surface area contributed by atoms with Crippen molar-refractivity contribution in [2.45, 2.75) is 31.9 Å². The number of carbonyl (C=O) groups is 2. The number of amides is 2. The lowest BCUT2D eigenvalue weighted by Crippen LogP contribution is -2.53. The summed E-state index contributed by atoms with van der Waals surface area (Å²) in [5.41, 5.74) is 3.11. The first-order chi connectivity index (χ1) is 13.0. The van der Waals surface area contributed by atoms with Crippen LogP contribution < -0.4 is 5.32 Å². The van der Waals surface area contributed by atoms with Gasteiger partial charge in [0.05, 0.1) is 12.2 Å². The van der Waals surface area contributed by atoms with Gasteiger partial charge in [0.1, 0.15) is 6.61 Å². The number of likely N-dealkylation sites (N-methyl/N-ethyl adjacent to an activating group) is 1. The van der Waals surface area contributed by atoms with Gasteiger partial charge in [-0.1, -0.05) is 24.3 Å². The number of morpholine rings is 1. The zero-order chi connectivity index (χ0) is 19.4. The van der Waals surface area contributed by atoms with Crippen LogP contribution in [-0.4, -0.2) is 52.8 Å². The Morgan fingerprint density at radius 1 is 1.33 bits per heavy atom. The van der Waals surface area contributed by atoms with Crippen LogP contribution >= 0.6 is 0 Å². The summed E-state index contributed by atoms with van der Waals surface area (Å²) in [6, 6.07) is 7.35. The van der Waals surface area contributed by atoms with E-state index in [1.807, 2.05) is 50.6 Å². The molecule has 0 unspecified atom stereocenters. The molecule has 1 saturated heterocycles. The summed E-state index contributed by atoms with van der Waals surface area (Å²) in [6.45, 7) is 2.45. The molecule has 2 aromatic rings. The Bertz CT molecular complexity index is 817. The highest BCUT2D eigenvalue weighted by atomic mass is 16.5. The molecule has 0 spiro atoms. The molecule has 2 heterocycles. The standard InChI is InChI=1S/C20H26N4O3/c1-14-7-4-5-9-16(14)18-19(27-13-17(25)24(18)3)20(26)21-10-6-8-15-11-22-23(2)12-15/h4-5,7,9,11-12,18-19H,6,8,10,13H2,1-3H3,(H,21,26)/t18-,19+/m1/s1. The molecule has 1 aliphatic rings. The Balaban J connectivity index is 1.64. The molecule has 0 bridgehead atoms. The maximum absolute atomic E-state index is 12.8. The van der Waals surface area contributed by atoms with Gasteiger partial charge in [-0.2, -0.15) is 5.10 Å². The Kier molecular flexibility index (Phi) is 5.91. The fourth-order valence-corrected chi connectivity index (χ4v) is 3.43. The van der Waals surface area contributed by atoms with Crippen molar-refractivity contribution in [3.05, 3.63) is 53.3 Å². The first kappa shape index (κ1) is 19.1. The van der Waals surface area contributed by atoms with Gasteiger partial charge in [0.2, 0.25) is 5.91 Å². The number of carbonyl (C=O) groups excluding carboxylic acids is 2. The zero-order valence-corrected chi connectivity index (χ0v) is 16.0. The van der Waals surface area contributed by atoms with Gasteiger partial charge in [0, 0.05) is 26.8 Å². The highest BCUT2D eigenvalue weighted by molar-refractivity contribution is 5.86. The van der Waals surface area contributed by atoms with Crippen molar-refractivity contribution >= 4 is 11.8 Å². The van der Waals surface area contributed by atoms with Gasteiger partial charge < -0.3 is 15.0 Å². The lowest BCUT2D eigenvalue weighted by Gasteiger charge is -2.38. The predicted octanol–water partition coefficient (Wildman–Crippen LogP) is 1.38. The van der Waals surface area contributed by atoms with E-state index in [-0.39, 0.29) is 18.4 Å². The van der Waals surface area contributed by atoms with Gasteiger partial charge >= 0.3 is 0 Å². The van der Waals surface area contributed by atoms with Crippen LogP contribution in [0.3, 0.4) is 0 Å². The molecule has 0 saturated carbocycles. The molecule has 3 rings (SSSR count). The Hall–Kier alpha value is -2.67. The first-order valence-electron chi connectivity index (χ1n) is 9.15. The Morgan fingerprint density at radius 2 is 2.11 bits per heavy atom. The molecule has 1 aromatic heterocycles. The molecule has 2 atom stereocenters. The lowest BCUT2D eigenvalue weighted by atomic mass is 9.94. The van der Waals surface area contributed by atoms with Gasteiger partial charge in [-0.3, -0.25) is 14.3 Å². The number of ether oxygens (including phenoxy) is 1. The van der Waals surface area contributed by atoms with E-state index in [9.17, 15) is 9.59 Å². The number of aromatic nitrogens is 2. The van der Waals surface area contributed by atoms with E-state index in [0.29, 0.717) is 6.54 Å². The van der Waals surface area contributed by atoms with E-state index in [0.717, 1.165) is 29.5 Å². The van der Waals surface area contributed by atoms with E-state index in [2.05, 4.69) is 10.4 Å². The SMILES string of the molecule is Cc1ccccc1[C@@H]1[C@@H](C(=O)NCCCc2cnn(C)c2)OCC(=O)N1C. The normalized spacial score (nSPS) is 20.0. The Morgan fingerprint density at radius 3 is 2.81 bits per heavy atom. The summed E-state index contributed by atoms with van der Waals surface area (Å²) in [5, 5.41) is 7.10. The topological polar surface area (TPSA) is 76.5 Å². The molecular formula is C20H26N4O3. The van der Waals surface area contributed by atoms with Crippen molar-refractivity contribution < 1.29 is 14.3 Å². The fourth-order valence-electron chi connectivity index (χ4n) is 3.43. The third kappa shape index (κ3) is 4.36. The molecule has 0 aliphatic carbocycles. The fraction of sp³-hybridized carbons (Fsp3) is 0.450. The van der Waals surface area contributed by atoms with Crippen molar-refractivity contribution in [2.75, 3.05) is 20.2 Å². The number of nitrogens with one attached hydrogen (secondary N) is 1. The number of hydrogen-bond acceptors (Lipinski definition) is 4. The van der Waals surface area contributed by atoms with Crippen LogP contribution in [0.2, 0.25) is 0 Å². The molecular weight excluding hydrogens is 344 g/mol. The smallest absolute Gasteiger partial charge is 0.251 e. The predicted molar refractivity (Wildman–Crippen MR) is 101 cm³/mol. The molecule has 1 N–H and O–H groups in total. The maximum atomic E-state index is 12.8. The number of benzene rings is 1. The Labute approximate surface area is 159 Å².